The highest BCUT2D eigenvalue weighted by atomic mass is 35.5. The number of Topliss-reactive ketones (excluding diaryl/α,β-unsaturated/α-hetero) is 1. The fraction of sp³-hybridized carbons (Fsp3) is 0.429. The van der Waals surface area contributed by atoms with Crippen LogP contribution >= 0.6 is 11.6 Å². The van der Waals surface area contributed by atoms with E-state index in [2.05, 4.69) is 4.74 Å². The Morgan fingerprint density at radius 1 is 1.39 bits per heavy atom. The zero-order chi connectivity index (χ0) is 13.5. The molecule has 3 nitrogen and oxygen atoms in total. The molecule has 0 amide bonds. The zero-order valence-electron chi connectivity index (χ0n) is 10.6. The van der Waals surface area contributed by atoms with E-state index in [9.17, 15) is 9.59 Å². The minimum Gasteiger partial charge on any atom is -0.468 e. The summed E-state index contributed by atoms with van der Waals surface area (Å²) >= 11 is 5.84. The van der Waals surface area contributed by atoms with Crippen LogP contribution in [-0.4, -0.2) is 18.9 Å². The summed E-state index contributed by atoms with van der Waals surface area (Å²) in [5.41, 5.74) is 0.453. The molecular weight excluding hydrogens is 252 g/mol. The molecule has 0 N–H and O–H groups in total. The van der Waals surface area contributed by atoms with Crippen LogP contribution in [0.5, 0.6) is 0 Å². The molecule has 0 bridgehead atoms. The van der Waals surface area contributed by atoms with Crippen molar-refractivity contribution in [3.63, 3.8) is 0 Å². The van der Waals surface area contributed by atoms with Crippen molar-refractivity contribution in [2.45, 2.75) is 26.2 Å². The van der Waals surface area contributed by atoms with Gasteiger partial charge in [0.15, 0.2) is 5.78 Å². The van der Waals surface area contributed by atoms with Gasteiger partial charge in [-0.2, -0.15) is 0 Å². The van der Waals surface area contributed by atoms with Crippen molar-refractivity contribution < 1.29 is 14.3 Å². The molecule has 0 heterocycles. The first-order valence-electron chi connectivity index (χ1n) is 5.97. The molecule has 0 saturated carbocycles. The van der Waals surface area contributed by atoms with Gasteiger partial charge in [-0.15, -0.1) is 0 Å². The van der Waals surface area contributed by atoms with Gasteiger partial charge in [0.05, 0.1) is 7.11 Å². The summed E-state index contributed by atoms with van der Waals surface area (Å²) in [6.07, 6.45) is 2.25. The van der Waals surface area contributed by atoms with Crippen LogP contribution in [0, 0.1) is 5.92 Å². The number of hydrogen-bond acceptors (Lipinski definition) is 3. The lowest BCUT2D eigenvalue weighted by molar-refractivity contribution is -0.143. The molecule has 0 saturated heterocycles. The predicted octanol–water partition coefficient (Wildman–Crippen LogP) is 3.50. The molecule has 1 rings (SSSR count). The van der Waals surface area contributed by atoms with Gasteiger partial charge >= 0.3 is 5.97 Å². The number of benzene rings is 1. The molecule has 0 radical (unpaired) electrons. The maximum Gasteiger partial charge on any atom is 0.316 e. The zero-order valence-corrected chi connectivity index (χ0v) is 11.4. The largest absolute Gasteiger partial charge is 0.468 e. The number of ether oxygens (including phenoxy) is 1. The second-order valence-electron chi connectivity index (χ2n) is 4.09. The summed E-state index contributed by atoms with van der Waals surface area (Å²) in [6, 6.07) is 6.63. The first-order valence-corrected chi connectivity index (χ1v) is 6.35. The van der Waals surface area contributed by atoms with Gasteiger partial charge < -0.3 is 4.74 Å². The second kappa shape index (κ2) is 7.17. The van der Waals surface area contributed by atoms with E-state index in [1.165, 1.54) is 7.11 Å². The molecule has 1 aromatic rings. The van der Waals surface area contributed by atoms with Crippen molar-refractivity contribution in [3.8, 4) is 0 Å². The summed E-state index contributed by atoms with van der Waals surface area (Å²) in [5, 5.41) is 0.486. The van der Waals surface area contributed by atoms with Crippen LogP contribution in [0.4, 0.5) is 0 Å². The van der Waals surface area contributed by atoms with Crippen molar-refractivity contribution in [1.29, 1.82) is 0 Å². The molecule has 0 fully saturated rings. The van der Waals surface area contributed by atoms with E-state index >= 15 is 0 Å². The third-order valence-corrected chi connectivity index (χ3v) is 2.99. The van der Waals surface area contributed by atoms with E-state index in [0.717, 1.165) is 12.8 Å². The van der Waals surface area contributed by atoms with Gasteiger partial charge in [0.1, 0.15) is 5.92 Å². The van der Waals surface area contributed by atoms with Gasteiger partial charge in [-0.25, -0.2) is 0 Å². The van der Waals surface area contributed by atoms with Crippen molar-refractivity contribution in [2.75, 3.05) is 7.11 Å². The molecule has 4 heteroatoms. The Balaban J connectivity index is 2.91. The maximum absolute atomic E-state index is 12.2. The van der Waals surface area contributed by atoms with E-state index in [1.807, 2.05) is 6.92 Å². The SMILES string of the molecule is CCCCC(C(=O)OC)C(=O)c1cccc(Cl)c1. The average Bonchev–Trinajstić information content (AvgIpc) is 2.38. The molecule has 0 spiro atoms. The Hall–Kier alpha value is -1.35. The van der Waals surface area contributed by atoms with Crippen molar-refractivity contribution >= 4 is 23.4 Å². The quantitative estimate of drug-likeness (QED) is 0.450. The second-order valence-corrected chi connectivity index (χ2v) is 4.53. The Labute approximate surface area is 112 Å². The lowest BCUT2D eigenvalue weighted by Crippen LogP contribution is -2.25. The van der Waals surface area contributed by atoms with Crippen LogP contribution in [-0.2, 0) is 9.53 Å². The van der Waals surface area contributed by atoms with Gasteiger partial charge in [-0.1, -0.05) is 43.5 Å². The summed E-state index contributed by atoms with van der Waals surface area (Å²) in [4.78, 5) is 23.9. The summed E-state index contributed by atoms with van der Waals surface area (Å²) in [6.45, 7) is 2.01. The lowest BCUT2D eigenvalue weighted by Gasteiger charge is -2.13. The predicted molar refractivity (Wildman–Crippen MR) is 70.8 cm³/mol. The highest BCUT2D eigenvalue weighted by Gasteiger charge is 2.27. The number of ketones is 1. The van der Waals surface area contributed by atoms with Gasteiger partial charge in [0.25, 0.3) is 0 Å². The van der Waals surface area contributed by atoms with E-state index < -0.39 is 11.9 Å². The number of unbranched alkanes of at least 4 members (excludes halogenated alkanes) is 1. The summed E-state index contributed by atoms with van der Waals surface area (Å²) < 4.78 is 4.69. The van der Waals surface area contributed by atoms with Gasteiger partial charge in [-0.3, -0.25) is 9.59 Å². The number of halogens is 1. The van der Waals surface area contributed by atoms with E-state index in [1.54, 1.807) is 24.3 Å². The molecule has 0 aliphatic carbocycles. The summed E-state index contributed by atoms with van der Waals surface area (Å²) in [7, 11) is 1.30. The van der Waals surface area contributed by atoms with Gasteiger partial charge in [0, 0.05) is 10.6 Å². The topological polar surface area (TPSA) is 43.4 Å². The van der Waals surface area contributed by atoms with Crippen LogP contribution in [0.3, 0.4) is 0 Å². The Bertz CT molecular complexity index is 429. The minimum absolute atomic E-state index is 0.224. The monoisotopic (exact) mass is 268 g/mol. The van der Waals surface area contributed by atoms with Crippen LogP contribution < -0.4 is 0 Å². The normalized spacial score (nSPS) is 11.9. The highest BCUT2D eigenvalue weighted by Crippen LogP contribution is 2.19. The van der Waals surface area contributed by atoms with E-state index in [-0.39, 0.29) is 5.78 Å². The number of rotatable bonds is 6. The first-order chi connectivity index (χ1) is 8.60. The number of carbonyl (C=O) groups excluding carboxylic acids is 2. The van der Waals surface area contributed by atoms with Crippen LogP contribution in [0.25, 0.3) is 0 Å². The minimum atomic E-state index is -0.728. The number of hydrogen-bond donors (Lipinski definition) is 0. The number of carbonyl (C=O) groups is 2. The molecule has 0 aliphatic heterocycles. The van der Waals surface area contributed by atoms with E-state index in [4.69, 9.17) is 11.6 Å². The Morgan fingerprint density at radius 2 is 2.11 bits per heavy atom. The molecule has 1 aromatic carbocycles. The maximum atomic E-state index is 12.2. The number of methoxy groups -OCH3 is 1. The van der Waals surface area contributed by atoms with Crippen molar-refractivity contribution in [1.82, 2.24) is 0 Å². The van der Waals surface area contributed by atoms with Crippen molar-refractivity contribution in [2.24, 2.45) is 5.92 Å². The van der Waals surface area contributed by atoms with E-state index in [0.29, 0.717) is 17.0 Å². The lowest BCUT2D eigenvalue weighted by atomic mass is 9.93. The van der Waals surface area contributed by atoms with Crippen LogP contribution in [0.15, 0.2) is 24.3 Å². The molecule has 18 heavy (non-hydrogen) atoms. The fourth-order valence-corrected chi connectivity index (χ4v) is 1.94. The summed E-state index contributed by atoms with van der Waals surface area (Å²) in [5.74, 6) is -1.43. The Morgan fingerprint density at radius 3 is 2.67 bits per heavy atom. The molecule has 0 aromatic heterocycles. The molecule has 0 aliphatic rings. The third-order valence-electron chi connectivity index (χ3n) is 2.76. The average molecular weight is 269 g/mol. The third kappa shape index (κ3) is 3.84. The highest BCUT2D eigenvalue weighted by molar-refractivity contribution is 6.31. The molecule has 98 valence electrons. The molecular formula is C14H17ClO3. The molecule has 1 unspecified atom stereocenters. The molecule has 1 atom stereocenters. The van der Waals surface area contributed by atoms with Crippen molar-refractivity contribution in [3.05, 3.63) is 34.9 Å². The first kappa shape index (κ1) is 14.7. The van der Waals surface area contributed by atoms with Crippen LogP contribution in [0.1, 0.15) is 36.5 Å². The van der Waals surface area contributed by atoms with Gasteiger partial charge in [0.2, 0.25) is 0 Å². The standard InChI is InChI=1S/C14H17ClO3/c1-3-4-8-12(14(17)18-2)13(16)10-6-5-7-11(15)9-10/h5-7,9,12H,3-4,8H2,1-2H3. The Kier molecular flexibility index (Phi) is 5.86. The van der Waals surface area contributed by atoms with Crippen LogP contribution in [0.2, 0.25) is 5.02 Å². The smallest absolute Gasteiger partial charge is 0.316 e. The number of esters is 1. The van der Waals surface area contributed by atoms with Gasteiger partial charge in [-0.05, 0) is 18.6 Å². The fourth-order valence-electron chi connectivity index (χ4n) is 1.75.